The summed E-state index contributed by atoms with van der Waals surface area (Å²) in [4.78, 5) is 18.6. The van der Waals surface area contributed by atoms with Crippen molar-refractivity contribution in [2.75, 3.05) is 65.1 Å². The second kappa shape index (κ2) is 14.5. The third-order valence-electron chi connectivity index (χ3n) is 11.8. The van der Waals surface area contributed by atoms with Gasteiger partial charge >= 0.3 is 6.01 Å². The van der Waals surface area contributed by atoms with E-state index < -0.39 is 17.7 Å². The normalized spacial score (nSPS) is 26.2. The summed E-state index contributed by atoms with van der Waals surface area (Å²) < 4.78 is 55.7. The molecule has 4 heterocycles. The molecular formula is C40H45F2N5O6. The van der Waals surface area contributed by atoms with Gasteiger partial charge in [-0.05, 0) is 74.6 Å². The Morgan fingerprint density at radius 3 is 2.70 bits per heavy atom. The van der Waals surface area contributed by atoms with Crippen molar-refractivity contribution < 1.29 is 37.9 Å². The van der Waals surface area contributed by atoms with Crippen LogP contribution in [-0.4, -0.2) is 109 Å². The van der Waals surface area contributed by atoms with Crippen molar-refractivity contribution in [3.8, 4) is 41.2 Å². The zero-order chi connectivity index (χ0) is 36.9. The fourth-order valence-electron chi connectivity index (χ4n) is 9.25. The van der Waals surface area contributed by atoms with Crippen molar-refractivity contribution in [2.24, 2.45) is 11.3 Å². The number of hydrogen-bond acceptors (Lipinski definition) is 11. The Morgan fingerprint density at radius 2 is 1.91 bits per heavy atom. The van der Waals surface area contributed by atoms with Crippen LogP contribution >= 0.6 is 0 Å². The Bertz CT molecular complexity index is 2070. The van der Waals surface area contributed by atoms with Gasteiger partial charge in [-0.15, -0.1) is 6.42 Å². The van der Waals surface area contributed by atoms with Crippen LogP contribution in [0.5, 0.6) is 17.6 Å². The third-order valence-corrected chi connectivity index (χ3v) is 11.8. The van der Waals surface area contributed by atoms with E-state index in [1.54, 1.807) is 12.0 Å². The van der Waals surface area contributed by atoms with Crippen molar-refractivity contribution in [3.63, 3.8) is 0 Å². The number of likely N-dealkylation sites (tertiary alicyclic amines) is 1. The third kappa shape index (κ3) is 6.49. The minimum absolute atomic E-state index is 0.00293. The number of hydrogen-bond donors (Lipinski definition) is 2. The highest BCUT2D eigenvalue weighted by Crippen LogP contribution is 2.49. The molecule has 2 saturated carbocycles. The first kappa shape index (κ1) is 35.7. The van der Waals surface area contributed by atoms with Crippen LogP contribution in [0.2, 0.25) is 0 Å². The van der Waals surface area contributed by atoms with E-state index in [0.29, 0.717) is 43.2 Å². The highest BCUT2D eigenvalue weighted by Gasteiger charge is 2.49. The smallest absolute Gasteiger partial charge is 0.319 e. The van der Waals surface area contributed by atoms with Crippen molar-refractivity contribution in [1.29, 1.82) is 0 Å². The van der Waals surface area contributed by atoms with E-state index in [2.05, 4.69) is 20.8 Å². The number of aromatic nitrogens is 3. The molecule has 2 aromatic carbocycles. The Balaban J connectivity index is 1.23. The number of phenolic OH excluding ortho intramolecular Hbond substituents is 1. The highest BCUT2D eigenvalue weighted by atomic mass is 19.1. The van der Waals surface area contributed by atoms with Crippen molar-refractivity contribution in [2.45, 2.75) is 63.2 Å². The van der Waals surface area contributed by atoms with E-state index in [1.807, 2.05) is 0 Å². The predicted molar refractivity (Wildman–Crippen MR) is 195 cm³/mol. The number of methoxy groups -OCH3 is 2. The van der Waals surface area contributed by atoms with Crippen LogP contribution < -0.4 is 14.4 Å². The quantitative estimate of drug-likeness (QED) is 0.214. The molecule has 53 heavy (non-hydrogen) atoms. The second-order valence-electron chi connectivity index (χ2n) is 15.0. The van der Waals surface area contributed by atoms with Crippen LogP contribution in [0.4, 0.5) is 14.6 Å². The van der Waals surface area contributed by atoms with Crippen LogP contribution in [0.3, 0.4) is 0 Å². The SMILES string of the molecule is C#Cc1c(F)ccc2cc(O)cc(-c3nc(OC)c4c(N5CCOCC(O)C5)nc(OCC56CCCC5N(CC5CC(OC)C5)CCC6)nc4c3F)c12. The minimum atomic E-state index is -0.851. The van der Waals surface area contributed by atoms with E-state index in [-0.39, 0.29) is 75.1 Å². The van der Waals surface area contributed by atoms with Gasteiger partial charge in [0.05, 0.1) is 44.7 Å². The van der Waals surface area contributed by atoms with E-state index >= 15 is 8.78 Å². The minimum Gasteiger partial charge on any atom is -0.508 e. The molecule has 3 unspecified atom stereocenters. The molecule has 2 N–H and O–H groups in total. The summed E-state index contributed by atoms with van der Waals surface area (Å²) in [5.74, 6) is 1.59. The van der Waals surface area contributed by atoms with E-state index in [4.69, 9.17) is 30.4 Å². The Hall–Kier alpha value is -4.35. The number of fused-ring (bicyclic) bond motifs is 3. The van der Waals surface area contributed by atoms with Gasteiger partial charge in [0.1, 0.15) is 34.0 Å². The zero-order valence-electron chi connectivity index (χ0n) is 30.1. The van der Waals surface area contributed by atoms with Crippen molar-refractivity contribution >= 4 is 27.5 Å². The number of aliphatic hydroxyl groups excluding tert-OH is 1. The van der Waals surface area contributed by atoms with E-state index in [0.717, 1.165) is 58.0 Å². The maximum atomic E-state index is 17.2. The first-order valence-electron chi connectivity index (χ1n) is 18.5. The number of halogens is 2. The largest absolute Gasteiger partial charge is 0.508 e. The summed E-state index contributed by atoms with van der Waals surface area (Å²) in [7, 11) is 3.19. The molecule has 0 amide bonds. The van der Waals surface area contributed by atoms with Crippen LogP contribution in [0, 0.1) is 35.3 Å². The standard InChI is InChI=1S/C40H45F2N5O6/c1-4-28-30(41)9-8-24-17-25(48)18-29(32(24)28)35-34(42)36-33(38(43-35)51-3)37(47-13-14-52-21-26(49)20-47)45-39(44-36)53-22-40-10-5-7-31(40)46(12-6-11-40)19-23-15-27(16-23)50-2/h1,8-9,17-18,23,26-27,31,48-49H,5-7,10-16,19-22H2,2-3H3. The Kier molecular flexibility index (Phi) is 9.74. The molecule has 3 atom stereocenters. The molecule has 280 valence electrons. The average Bonchev–Trinajstić information content (AvgIpc) is 3.46. The lowest BCUT2D eigenvalue weighted by Crippen LogP contribution is -2.54. The number of nitrogens with zero attached hydrogens (tertiary/aromatic N) is 5. The van der Waals surface area contributed by atoms with Crippen LogP contribution in [0.1, 0.15) is 50.5 Å². The van der Waals surface area contributed by atoms with Gasteiger partial charge in [0.2, 0.25) is 5.88 Å². The summed E-state index contributed by atoms with van der Waals surface area (Å²) in [5, 5.41) is 22.2. The topological polar surface area (TPSA) is 123 Å². The zero-order valence-corrected chi connectivity index (χ0v) is 30.1. The van der Waals surface area contributed by atoms with Gasteiger partial charge in [-0.2, -0.15) is 9.97 Å². The Morgan fingerprint density at radius 1 is 1.08 bits per heavy atom. The monoisotopic (exact) mass is 729 g/mol. The summed E-state index contributed by atoms with van der Waals surface area (Å²) in [5.41, 5.74) is -0.485. The van der Waals surface area contributed by atoms with Crippen molar-refractivity contribution in [3.05, 3.63) is 41.5 Å². The first-order valence-corrected chi connectivity index (χ1v) is 18.5. The number of aliphatic hydroxyl groups is 1. The van der Waals surface area contributed by atoms with Crippen LogP contribution in [0.25, 0.3) is 32.9 Å². The molecule has 8 rings (SSSR count). The maximum Gasteiger partial charge on any atom is 0.319 e. The lowest BCUT2D eigenvalue weighted by molar-refractivity contribution is -0.0457. The molecule has 4 fully saturated rings. The predicted octanol–water partition coefficient (Wildman–Crippen LogP) is 5.45. The number of aromatic hydroxyl groups is 1. The lowest BCUT2D eigenvalue weighted by Gasteiger charge is -2.48. The lowest BCUT2D eigenvalue weighted by atomic mass is 9.74. The molecule has 2 aromatic heterocycles. The van der Waals surface area contributed by atoms with E-state index in [9.17, 15) is 10.2 Å². The van der Waals surface area contributed by atoms with Gasteiger partial charge in [0.15, 0.2) is 5.82 Å². The van der Waals surface area contributed by atoms with Crippen molar-refractivity contribution in [1.82, 2.24) is 19.9 Å². The number of β-amino-alcohol motifs (C(OH)–C–C–N with tert-alkyl or cyclic N) is 1. The van der Waals surface area contributed by atoms with E-state index in [1.165, 1.54) is 31.4 Å². The molecule has 0 spiro atoms. The fraction of sp³-hybridized carbons (Fsp3) is 0.525. The molecule has 4 aromatic rings. The summed E-state index contributed by atoms with van der Waals surface area (Å²) in [6.07, 6.45) is 12.8. The average molecular weight is 730 g/mol. The summed E-state index contributed by atoms with van der Waals surface area (Å²) in [6, 6.07) is 5.76. The molecule has 11 nitrogen and oxygen atoms in total. The number of benzene rings is 2. The molecule has 0 bridgehead atoms. The molecule has 4 aliphatic rings. The number of piperidine rings is 1. The molecule has 13 heteroatoms. The molecule has 0 radical (unpaired) electrons. The number of phenols is 1. The summed E-state index contributed by atoms with van der Waals surface area (Å²) >= 11 is 0. The number of pyridine rings is 1. The highest BCUT2D eigenvalue weighted by molar-refractivity contribution is 6.04. The van der Waals surface area contributed by atoms with Gasteiger partial charge in [-0.1, -0.05) is 18.4 Å². The fourth-order valence-corrected chi connectivity index (χ4v) is 9.25. The second-order valence-corrected chi connectivity index (χ2v) is 15.0. The molecule has 2 aliphatic heterocycles. The molecular weight excluding hydrogens is 684 g/mol. The molecule has 2 aliphatic carbocycles. The molecule has 2 saturated heterocycles. The maximum absolute atomic E-state index is 17.2. The van der Waals surface area contributed by atoms with Crippen LogP contribution in [-0.2, 0) is 9.47 Å². The Labute approximate surface area is 307 Å². The number of terminal acetylenes is 1. The van der Waals surface area contributed by atoms with Gasteiger partial charge in [-0.25, -0.2) is 13.8 Å². The van der Waals surface area contributed by atoms with Gasteiger partial charge < -0.3 is 34.1 Å². The summed E-state index contributed by atoms with van der Waals surface area (Å²) in [6.45, 7) is 3.44. The number of rotatable bonds is 9. The van der Waals surface area contributed by atoms with Gasteiger partial charge in [0.25, 0.3) is 0 Å². The van der Waals surface area contributed by atoms with Crippen LogP contribution in [0.15, 0.2) is 24.3 Å². The first-order chi connectivity index (χ1) is 25.7. The van der Waals surface area contributed by atoms with Gasteiger partial charge in [-0.3, -0.25) is 4.90 Å². The number of anilines is 1. The number of ether oxygens (including phenoxy) is 4. The van der Waals surface area contributed by atoms with Gasteiger partial charge in [0, 0.05) is 49.2 Å².